The molecule has 2 aromatic rings. The third kappa shape index (κ3) is 9.47. The van der Waals surface area contributed by atoms with Gasteiger partial charge in [-0.3, -0.25) is 9.78 Å². The van der Waals surface area contributed by atoms with E-state index in [9.17, 15) is 27.9 Å². The van der Waals surface area contributed by atoms with Crippen molar-refractivity contribution in [3.05, 3.63) is 53.0 Å². The number of pyridine rings is 2. The monoisotopic (exact) mass is 551 g/mol. The second-order valence-electron chi connectivity index (χ2n) is 9.39. The molecule has 0 saturated heterocycles. The zero-order valence-electron chi connectivity index (χ0n) is 22.1. The van der Waals surface area contributed by atoms with Crippen LogP contribution in [0.2, 0.25) is 0 Å². The van der Waals surface area contributed by atoms with Crippen molar-refractivity contribution in [2.45, 2.75) is 57.7 Å². The summed E-state index contributed by atoms with van der Waals surface area (Å²) in [6.07, 6.45) is 0.798. The predicted molar refractivity (Wildman–Crippen MR) is 140 cm³/mol. The fourth-order valence-corrected chi connectivity index (χ4v) is 4.44. The van der Waals surface area contributed by atoms with Gasteiger partial charge in [-0.1, -0.05) is 6.07 Å². The van der Waals surface area contributed by atoms with Gasteiger partial charge in [0.1, 0.15) is 11.9 Å². The zero-order valence-corrected chi connectivity index (χ0v) is 22.1. The SMILES string of the molecule is CCOCCN(CCCCc1ccc2c(n1)NCCC2)CCC(NC(=O)c1cccnc1C(F)(F)F)C(=O)O. The number of alkyl halides is 3. The van der Waals surface area contributed by atoms with Crippen LogP contribution in [0.4, 0.5) is 19.0 Å². The second kappa shape index (κ2) is 14.8. The van der Waals surface area contributed by atoms with Crippen LogP contribution in [0, 0.1) is 0 Å². The summed E-state index contributed by atoms with van der Waals surface area (Å²) in [5, 5.41) is 15.2. The summed E-state index contributed by atoms with van der Waals surface area (Å²) < 4.78 is 45.2. The van der Waals surface area contributed by atoms with Crippen molar-refractivity contribution in [1.82, 2.24) is 20.2 Å². The normalized spacial score (nSPS) is 14.0. The molecule has 1 aliphatic heterocycles. The van der Waals surface area contributed by atoms with Crippen LogP contribution in [0.25, 0.3) is 0 Å². The van der Waals surface area contributed by atoms with Crippen LogP contribution >= 0.6 is 0 Å². The number of rotatable bonds is 15. The lowest BCUT2D eigenvalue weighted by Crippen LogP contribution is -2.44. The minimum atomic E-state index is -4.84. The fraction of sp³-hybridized carbons (Fsp3) is 0.556. The smallest absolute Gasteiger partial charge is 0.434 e. The van der Waals surface area contributed by atoms with Gasteiger partial charge in [0.15, 0.2) is 5.69 Å². The van der Waals surface area contributed by atoms with E-state index in [-0.39, 0.29) is 6.42 Å². The number of aromatic nitrogens is 2. The van der Waals surface area contributed by atoms with Crippen LogP contribution in [0.5, 0.6) is 0 Å². The third-order valence-electron chi connectivity index (χ3n) is 6.52. The van der Waals surface area contributed by atoms with Crippen molar-refractivity contribution >= 4 is 17.7 Å². The summed E-state index contributed by atoms with van der Waals surface area (Å²) in [6, 6.07) is 5.01. The maximum atomic E-state index is 13.3. The summed E-state index contributed by atoms with van der Waals surface area (Å²) in [5.41, 5.74) is 0.196. The summed E-state index contributed by atoms with van der Waals surface area (Å²) in [6.45, 7) is 5.39. The summed E-state index contributed by atoms with van der Waals surface area (Å²) in [7, 11) is 0. The number of anilines is 1. The predicted octanol–water partition coefficient (Wildman–Crippen LogP) is 3.79. The van der Waals surface area contributed by atoms with E-state index >= 15 is 0 Å². The topological polar surface area (TPSA) is 117 Å². The Bertz CT molecular complexity index is 1100. The number of carbonyl (C=O) groups excluding carboxylic acids is 1. The standard InChI is InChI=1S/C27H36F3N5O4/c1-2-39-18-17-35(15-4-3-8-20-11-10-19-7-5-14-32-24(19)33-20)16-12-22(26(37)38)34-25(36)21-9-6-13-31-23(21)27(28,29)30/h6,9-11,13,22H,2-5,7-8,12,14-18H2,1H3,(H,32,33)(H,34,36)(H,37,38). The number of hydrogen-bond acceptors (Lipinski definition) is 7. The minimum absolute atomic E-state index is 0.0207. The molecule has 3 rings (SSSR count). The Morgan fingerprint density at radius 3 is 2.77 bits per heavy atom. The molecule has 214 valence electrons. The molecule has 0 aromatic carbocycles. The molecule has 3 heterocycles. The number of nitrogens with one attached hydrogen (secondary N) is 2. The van der Waals surface area contributed by atoms with Gasteiger partial charge < -0.3 is 25.4 Å². The van der Waals surface area contributed by atoms with Crippen molar-refractivity contribution in [2.24, 2.45) is 0 Å². The number of aliphatic carboxylic acids is 1. The molecule has 0 saturated carbocycles. The van der Waals surface area contributed by atoms with Gasteiger partial charge in [-0.25, -0.2) is 9.78 Å². The highest BCUT2D eigenvalue weighted by Crippen LogP contribution is 2.30. The first-order valence-corrected chi connectivity index (χ1v) is 13.3. The van der Waals surface area contributed by atoms with Crippen molar-refractivity contribution in [3.63, 3.8) is 0 Å². The molecule has 1 aliphatic rings. The third-order valence-corrected chi connectivity index (χ3v) is 6.52. The molecule has 0 radical (unpaired) electrons. The second-order valence-corrected chi connectivity index (χ2v) is 9.39. The molecule has 0 fully saturated rings. The van der Waals surface area contributed by atoms with Gasteiger partial charge in [-0.2, -0.15) is 13.2 Å². The van der Waals surface area contributed by atoms with Gasteiger partial charge in [0.2, 0.25) is 0 Å². The van der Waals surface area contributed by atoms with Gasteiger partial charge >= 0.3 is 12.1 Å². The van der Waals surface area contributed by atoms with Gasteiger partial charge in [0.25, 0.3) is 5.91 Å². The number of ether oxygens (including phenoxy) is 1. The van der Waals surface area contributed by atoms with E-state index < -0.39 is 35.4 Å². The molecule has 2 aromatic heterocycles. The Kier molecular flexibility index (Phi) is 11.5. The first-order valence-electron chi connectivity index (χ1n) is 13.3. The molecule has 1 unspecified atom stereocenters. The lowest BCUT2D eigenvalue weighted by molar-refractivity contribution is -0.141. The van der Waals surface area contributed by atoms with Crippen molar-refractivity contribution in [1.29, 1.82) is 0 Å². The van der Waals surface area contributed by atoms with E-state index in [2.05, 4.69) is 27.8 Å². The number of carboxylic acids is 1. The maximum absolute atomic E-state index is 13.3. The lowest BCUT2D eigenvalue weighted by atomic mass is 10.1. The van der Waals surface area contributed by atoms with E-state index in [1.165, 1.54) is 11.6 Å². The lowest BCUT2D eigenvalue weighted by Gasteiger charge is -2.24. The van der Waals surface area contributed by atoms with E-state index in [1.807, 2.05) is 11.8 Å². The van der Waals surface area contributed by atoms with E-state index in [4.69, 9.17) is 9.72 Å². The highest BCUT2D eigenvalue weighted by atomic mass is 19.4. The molecule has 0 spiro atoms. The molecule has 3 N–H and O–H groups in total. The van der Waals surface area contributed by atoms with Gasteiger partial charge in [-0.15, -0.1) is 0 Å². The Morgan fingerprint density at radius 1 is 1.21 bits per heavy atom. The zero-order chi connectivity index (χ0) is 28.3. The molecule has 1 amide bonds. The molecule has 12 heteroatoms. The van der Waals surface area contributed by atoms with Crippen LogP contribution in [0.3, 0.4) is 0 Å². The maximum Gasteiger partial charge on any atom is 0.434 e. The van der Waals surface area contributed by atoms with Crippen LogP contribution in [-0.2, 0) is 28.5 Å². The average molecular weight is 552 g/mol. The van der Waals surface area contributed by atoms with Gasteiger partial charge in [-0.05, 0) is 75.8 Å². The van der Waals surface area contributed by atoms with Crippen molar-refractivity contribution < 1.29 is 32.6 Å². The van der Waals surface area contributed by atoms with E-state index in [0.717, 1.165) is 62.4 Å². The number of halogens is 3. The summed E-state index contributed by atoms with van der Waals surface area (Å²) >= 11 is 0. The van der Waals surface area contributed by atoms with Gasteiger partial charge in [0, 0.05) is 38.1 Å². The number of carboxylic acid groups (broad SMARTS) is 1. The number of hydrogen-bond donors (Lipinski definition) is 3. The highest BCUT2D eigenvalue weighted by molar-refractivity contribution is 5.97. The number of fused-ring (bicyclic) bond motifs is 1. The Labute approximate surface area is 226 Å². The molecule has 39 heavy (non-hydrogen) atoms. The Balaban J connectivity index is 1.54. The molecule has 0 bridgehead atoms. The largest absolute Gasteiger partial charge is 0.480 e. The number of carbonyl (C=O) groups is 2. The van der Waals surface area contributed by atoms with E-state index in [1.54, 1.807) is 0 Å². The molecule has 9 nitrogen and oxygen atoms in total. The first-order chi connectivity index (χ1) is 18.7. The minimum Gasteiger partial charge on any atom is -0.480 e. The molecule has 0 aliphatic carbocycles. The number of aryl methyl sites for hydroxylation is 2. The number of nitrogens with zero attached hydrogens (tertiary/aromatic N) is 3. The van der Waals surface area contributed by atoms with Crippen molar-refractivity contribution in [3.8, 4) is 0 Å². The van der Waals surface area contributed by atoms with Gasteiger partial charge in [0.05, 0.1) is 12.2 Å². The molecular weight excluding hydrogens is 515 g/mol. The van der Waals surface area contributed by atoms with Crippen molar-refractivity contribution in [2.75, 3.05) is 44.7 Å². The fourth-order valence-electron chi connectivity index (χ4n) is 4.44. The summed E-state index contributed by atoms with van der Waals surface area (Å²) in [5.74, 6) is -1.49. The summed E-state index contributed by atoms with van der Waals surface area (Å²) in [4.78, 5) is 34.4. The van der Waals surface area contributed by atoms with Crippen LogP contribution in [0.1, 0.15) is 59.9 Å². The number of unbranched alkanes of at least 4 members (excludes halogenated alkanes) is 1. The van der Waals surface area contributed by atoms with Crippen LogP contribution < -0.4 is 10.6 Å². The van der Waals surface area contributed by atoms with E-state index in [0.29, 0.717) is 32.8 Å². The Hall–Kier alpha value is -3.25. The molecule has 1 atom stereocenters. The van der Waals surface area contributed by atoms with Crippen LogP contribution in [0.15, 0.2) is 30.5 Å². The highest BCUT2D eigenvalue weighted by Gasteiger charge is 2.37. The average Bonchev–Trinajstić information content (AvgIpc) is 2.92. The first kappa shape index (κ1) is 30.3. The number of amides is 1. The molecular formula is C27H36F3N5O4. The quantitative estimate of drug-likeness (QED) is 0.287. The van der Waals surface area contributed by atoms with Crippen LogP contribution in [-0.4, -0.2) is 77.3 Å². The Morgan fingerprint density at radius 2 is 2.03 bits per heavy atom.